The van der Waals surface area contributed by atoms with Gasteiger partial charge in [0.1, 0.15) is 247 Å². The number of rotatable bonds is 3. The first-order chi connectivity index (χ1) is 37.8. The van der Waals surface area contributed by atoms with Crippen LogP contribution in [0.5, 0.6) is 0 Å². The summed E-state index contributed by atoms with van der Waals surface area (Å²) in [6.45, 7) is 0. The topological polar surface area (TPSA) is 13.1 Å². The second-order valence-electron chi connectivity index (χ2n) is 19.9. The highest BCUT2D eigenvalue weighted by molar-refractivity contribution is 6.79. The summed E-state index contributed by atoms with van der Waals surface area (Å²) in [5.74, 6) is 0. The zero-order valence-corrected chi connectivity index (χ0v) is 42.7. The molecular weight excluding hydrogens is 941 g/mol. The van der Waals surface area contributed by atoms with Gasteiger partial charge in [-0.15, -0.1) is 49.2 Å². The van der Waals surface area contributed by atoms with Crippen molar-refractivity contribution in [2.75, 3.05) is 0 Å². The average molecular weight is 941 g/mol. The summed E-state index contributed by atoms with van der Waals surface area (Å²) in [4.78, 5) is 0. The third kappa shape index (κ3) is 7.30. The van der Waals surface area contributed by atoms with E-state index < -0.39 is 0 Å². The van der Waals surface area contributed by atoms with Crippen molar-refractivity contribution in [3.05, 3.63) is 0 Å². The Morgan fingerprint density at radius 2 is 0.296 bits per heavy atom. The second kappa shape index (κ2) is 19.4. The van der Waals surface area contributed by atoms with Gasteiger partial charge in [0, 0.05) is 16.2 Å². The molecule has 11 rings (SSSR count). The molecule has 10 aromatic carbocycles. The van der Waals surface area contributed by atoms with Crippen molar-refractivity contribution < 1.29 is 4.42 Å². The van der Waals surface area contributed by atoms with Crippen LogP contribution < -0.4 is 164 Å². The molecule has 0 amide bonds. The highest BCUT2D eigenvalue weighted by atomic mass is 16.3. The van der Waals surface area contributed by atoms with E-state index in [0.717, 1.165) is 0 Å². The van der Waals surface area contributed by atoms with Gasteiger partial charge in [-0.05, 0) is 81.9 Å². The van der Waals surface area contributed by atoms with Crippen molar-refractivity contribution in [2.24, 2.45) is 0 Å². The SMILES string of the molecule is [B]c1c([B])c(-c2c([B])c([B])c3c([B])c([B])c4c([B])c([B])c([B])c([B])c4c3c2[B])c([B])c(-c2c3c([B])c([B])c([B])c([B])c3c(-c3c([B])c([B])c4oc5c6c([B])c([B])c([B])c([B])c6c([B])c([B])c5c4c3[B])c3c([B])c([B])c([B])c([B])c23)c1[B]. The van der Waals surface area contributed by atoms with E-state index in [2.05, 4.69) is 0 Å². The molecule has 0 aliphatic heterocycles. The average Bonchev–Trinajstić information content (AvgIpc) is 2.58. The first-order valence-electron chi connectivity index (χ1n) is 23.8. The molecule has 0 aliphatic rings. The molecule has 296 valence electrons. The predicted octanol–water partition coefficient (Wildman–Crippen LogP) is -21.8. The fraction of sp³-hybridized carbons (Fsp3) is 0. The largest absolute Gasteiger partial charge is 0.456 e. The van der Waals surface area contributed by atoms with E-state index in [1.165, 1.54) is 0 Å². The zero-order chi connectivity index (χ0) is 59.6. The molecule has 31 heteroatoms. The summed E-state index contributed by atoms with van der Waals surface area (Å²) in [7, 11) is 206. The van der Waals surface area contributed by atoms with Crippen molar-refractivity contribution in [1.29, 1.82) is 0 Å². The van der Waals surface area contributed by atoms with Crippen LogP contribution in [0.4, 0.5) is 0 Å². The second-order valence-corrected chi connectivity index (χ2v) is 19.9. The van der Waals surface area contributed by atoms with Crippen molar-refractivity contribution in [3.63, 3.8) is 0 Å². The first kappa shape index (κ1) is 58.0. The van der Waals surface area contributed by atoms with Crippen LogP contribution in [0.25, 0.3) is 109 Å². The smallest absolute Gasteiger partial charge is 0.141 e. The van der Waals surface area contributed by atoms with Gasteiger partial charge in [0.2, 0.25) is 0 Å². The minimum Gasteiger partial charge on any atom is -0.456 e. The van der Waals surface area contributed by atoms with E-state index >= 15 is 0 Å². The van der Waals surface area contributed by atoms with Crippen LogP contribution in [0.2, 0.25) is 0 Å². The Morgan fingerprint density at radius 1 is 0.111 bits per heavy atom. The van der Waals surface area contributed by atoms with Crippen LogP contribution in [0, 0.1) is 0 Å². The van der Waals surface area contributed by atoms with Crippen molar-refractivity contribution in [1.82, 2.24) is 0 Å². The Labute approximate surface area is 509 Å². The van der Waals surface area contributed by atoms with Gasteiger partial charge in [-0.1, -0.05) is 115 Å². The maximum atomic E-state index is 7.46. The van der Waals surface area contributed by atoms with Crippen LogP contribution in [-0.4, -0.2) is 235 Å². The van der Waals surface area contributed by atoms with Gasteiger partial charge < -0.3 is 4.42 Å². The molecule has 1 heterocycles. The Kier molecular flexibility index (Phi) is 13.9. The fourth-order valence-corrected chi connectivity index (χ4v) is 11.8. The predicted molar refractivity (Wildman–Crippen MR) is 379 cm³/mol. The maximum absolute atomic E-state index is 7.46. The molecule has 0 N–H and O–H groups in total. The Balaban J connectivity index is 1.38. The summed E-state index contributed by atoms with van der Waals surface area (Å²) in [5, 5.41) is 0.518. The summed E-state index contributed by atoms with van der Waals surface area (Å²) in [6, 6.07) is 0. The monoisotopic (exact) mass is 946 g/mol. The van der Waals surface area contributed by atoms with Gasteiger partial charge in [-0.2, -0.15) is 0 Å². The molecule has 0 aliphatic carbocycles. The van der Waals surface area contributed by atoms with Gasteiger partial charge in [0.05, 0.1) is 0 Å². The third-order valence-corrected chi connectivity index (χ3v) is 16.0. The molecule has 1 nitrogen and oxygen atoms in total. The standard InChI is InChI=1S/C50B30O/c51-19-7-8-12(33(65)45(77)44(76)26(8)58)29(61)27(59)11(7)28(60)30(62)13(19)14-20(52)9(32(64)39(71)34(14)66)1-3-5(24(56)42(74)40(72)22(3)54)2(6-4(1)23(55)41(73)43(75)25(6)57)10-21(53)17-18-37(69)31(63)15-16(38(70)47(79)46(78)35(15)67)49(18)81-50(17)48(80)36(10)68. The Bertz CT molecular complexity index is 4850. The number of hydrogen-bond acceptors (Lipinski definition) is 1. The van der Waals surface area contributed by atoms with Gasteiger partial charge in [-0.3, -0.25) is 0 Å². The van der Waals surface area contributed by atoms with Gasteiger partial charge in [0.15, 0.2) is 0 Å². The molecule has 0 saturated heterocycles. The number of benzene rings is 10. The number of hydrogen-bond donors (Lipinski definition) is 0. The minimum absolute atomic E-state index is 0.00325. The van der Waals surface area contributed by atoms with Crippen molar-refractivity contribution in [3.8, 4) is 33.4 Å². The number of fused-ring (bicyclic) bond motifs is 10. The van der Waals surface area contributed by atoms with E-state index in [9.17, 15) is 0 Å². The molecule has 60 radical (unpaired) electrons. The van der Waals surface area contributed by atoms with Crippen LogP contribution in [0.1, 0.15) is 0 Å². The minimum atomic E-state index is -0.297. The lowest BCUT2D eigenvalue weighted by molar-refractivity contribution is 0.676. The molecular formula is C50B30O. The van der Waals surface area contributed by atoms with E-state index in [-0.39, 0.29) is 273 Å². The van der Waals surface area contributed by atoms with E-state index in [4.69, 9.17) is 240 Å². The first-order valence-corrected chi connectivity index (χ1v) is 23.8. The van der Waals surface area contributed by atoms with E-state index in [1.807, 2.05) is 0 Å². The lowest BCUT2D eigenvalue weighted by atomic mass is 9.55. The van der Waals surface area contributed by atoms with Crippen LogP contribution >= 0.6 is 0 Å². The van der Waals surface area contributed by atoms with Crippen molar-refractivity contribution >= 4 is 475 Å². The molecule has 1 aromatic heterocycles. The number of furan rings is 1. The molecule has 0 spiro atoms. The summed E-state index contributed by atoms with van der Waals surface area (Å²) >= 11 is 0. The lowest BCUT2D eigenvalue weighted by Gasteiger charge is -2.33. The highest BCUT2D eigenvalue weighted by Gasteiger charge is 2.32. The van der Waals surface area contributed by atoms with E-state index in [1.54, 1.807) is 0 Å². The molecule has 11 aromatic rings. The summed E-state index contributed by atoms with van der Waals surface area (Å²) in [6.07, 6.45) is 0. The normalized spacial score (nSPS) is 12.0. The summed E-state index contributed by atoms with van der Waals surface area (Å²) in [5.41, 5.74) is -5.70. The molecule has 0 unspecified atom stereocenters. The molecule has 0 bridgehead atoms. The fourth-order valence-electron chi connectivity index (χ4n) is 11.8. The van der Waals surface area contributed by atoms with Crippen LogP contribution in [0.15, 0.2) is 4.42 Å². The van der Waals surface area contributed by atoms with Crippen molar-refractivity contribution in [2.45, 2.75) is 0 Å². The maximum Gasteiger partial charge on any atom is 0.141 e. The quantitative estimate of drug-likeness (QED) is 0.0977. The van der Waals surface area contributed by atoms with E-state index in [0.29, 0.717) is 0 Å². The highest BCUT2D eigenvalue weighted by Crippen LogP contribution is 2.40. The zero-order valence-electron chi connectivity index (χ0n) is 42.7. The van der Waals surface area contributed by atoms with Gasteiger partial charge in [0.25, 0.3) is 0 Å². The molecule has 0 saturated carbocycles. The Morgan fingerprint density at radius 3 is 0.691 bits per heavy atom. The van der Waals surface area contributed by atoms with Gasteiger partial charge >= 0.3 is 0 Å². The Hall–Kier alpha value is -4.75. The lowest BCUT2D eigenvalue weighted by Crippen LogP contribution is -2.52. The molecule has 0 atom stereocenters. The van der Waals surface area contributed by atoms with Crippen LogP contribution in [-0.2, 0) is 0 Å². The van der Waals surface area contributed by atoms with Crippen LogP contribution in [0.3, 0.4) is 0 Å². The summed E-state index contributed by atoms with van der Waals surface area (Å²) < 4.78 is 6.49. The third-order valence-electron chi connectivity index (χ3n) is 16.0. The van der Waals surface area contributed by atoms with Gasteiger partial charge in [-0.25, -0.2) is 0 Å². The molecule has 81 heavy (non-hydrogen) atoms. The molecule has 0 fully saturated rings.